The van der Waals surface area contributed by atoms with Crippen LogP contribution in [0.3, 0.4) is 0 Å². The predicted octanol–water partition coefficient (Wildman–Crippen LogP) is 2.97. The Balaban J connectivity index is 2.54. The number of aromatic hydroxyl groups is 1. The summed E-state index contributed by atoms with van der Waals surface area (Å²) in [5, 5.41) is 14.0. The van der Waals surface area contributed by atoms with Crippen molar-refractivity contribution in [1.82, 2.24) is 9.78 Å². The van der Waals surface area contributed by atoms with E-state index in [4.69, 9.17) is 0 Å². The molecule has 2 aromatic rings. The van der Waals surface area contributed by atoms with E-state index in [0.717, 1.165) is 29.8 Å². The molecule has 0 spiro atoms. The summed E-state index contributed by atoms with van der Waals surface area (Å²) in [6, 6.07) is 8.03. The molecule has 3 heteroatoms. The zero-order chi connectivity index (χ0) is 11.5. The number of hydrogen-bond acceptors (Lipinski definition) is 2. The van der Waals surface area contributed by atoms with Crippen LogP contribution in [0, 0.1) is 6.92 Å². The Morgan fingerprint density at radius 1 is 1.31 bits per heavy atom. The van der Waals surface area contributed by atoms with Gasteiger partial charge in [-0.3, -0.25) is 4.68 Å². The van der Waals surface area contributed by atoms with Gasteiger partial charge in [-0.15, -0.1) is 0 Å². The molecule has 84 valence electrons. The fourth-order valence-corrected chi connectivity index (χ4v) is 1.87. The predicted molar refractivity (Wildman–Crippen MR) is 64.4 cm³/mol. The van der Waals surface area contributed by atoms with Crippen LogP contribution in [0.1, 0.15) is 18.9 Å². The zero-order valence-electron chi connectivity index (χ0n) is 9.64. The first-order valence-corrected chi connectivity index (χ1v) is 5.54. The van der Waals surface area contributed by atoms with Crippen LogP contribution in [0.2, 0.25) is 0 Å². The summed E-state index contributed by atoms with van der Waals surface area (Å²) in [7, 11) is 0. The minimum Gasteiger partial charge on any atom is -0.504 e. The van der Waals surface area contributed by atoms with Gasteiger partial charge in [0.05, 0.1) is 6.20 Å². The second-order valence-corrected chi connectivity index (χ2v) is 3.92. The van der Waals surface area contributed by atoms with E-state index in [-0.39, 0.29) is 5.75 Å². The van der Waals surface area contributed by atoms with Crippen molar-refractivity contribution in [2.24, 2.45) is 0 Å². The molecular formula is C13H16N2O. The summed E-state index contributed by atoms with van der Waals surface area (Å²) in [6.07, 6.45) is 2.51. The molecule has 0 aliphatic rings. The maximum atomic E-state index is 9.85. The smallest absolute Gasteiger partial charge is 0.161 e. The third-order valence-electron chi connectivity index (χ3n) is 2.66. The van der Waals surface area contributed by atoms with E-state index >= 15 is 0 Å². The van der Waals surface area contributed by atoms with Gasteiger partial charge >= 0.3 is 0 Å². The fraction of sp³-hybridized carbons (Fsp3) is 0.308. The van der Waals surface area contributed by atoms with E-state index in [2.05, 4.69) is 12.0 Å². The van der Waals surface area contributed by atoms with Crippen molar-refractivity contribution < 1.29 is 5.11 Å². The van der Waals surface area contributed by atoms with Gasteiger partial charge in [-0.05, 0) is 18.9 Å². The minimum absolute atomic E-state index is 0.253. The number of aryl methyl sites for hydroxylation is 2. The third-order valence-corrected chi connectivity index (χ3v) is 2.66. The molecule has 2 rings (SSSR count). The molecule has 3 nitrogen and oxygen atoms in total. The van der Waals surface area contributed by atoms with E-state index in [1.165, 1.54) is 6.20 Å². The highest BCUT2D eigenvalue weighted by Crippen LogP contribution is 2.31. The summed E-state index contributed by atoms with van der Waals surface area (Å²) in [5.74, 6) is 0.253. The monoisotopic (exact) mass is 216 g/mol. The number of aromatic nitrogens is 2. The van der Waals surface area contributed by atoms with Gasteiger partial charge in [0.15, 0.2) is 5.75 Å². The average molecular weight is 216 g/mol. The van der Waals surface area contributed by atoms with Crippen LogP contribution in [-0.2, 0) is 6.54 Å². The van der Waals surface area contributed by atoms with Crippen LogP contribution in [-0.4, -0.2) is 14.9 Å². The molecule has 0 radical (unpaired) electrons. The van der Waals surface area contributed by atoms with Gasteiger partial charge in [0.1, 0.15) is 5.69 Å². The second kappa shape index (κ2) is 4.39. The highest BCUT2D eigenvalue weighted by Gasteiger charge is 2.13. The molecule has 0 aliphatic heterocycles. The molecule has 16 heavy (non-hydrogen) atoms. The first kappa shape index (κ1) is 10.7. The van der Waals surface area contributed by atoms with Gasteiger partial charge in [-0.1, -0.05) is 31.2 Å². The fourth-order valence-electron chi connectivity index (χ4n) is 1.87. The third kappa shape index (κ3) is 1.81. The quantitative estimate of drug-likeness (QED) is 0.856. The van der Waals surface area contributed by atoms with Crippen LogP contribution in [0.4, 0.5) is 0 Å². The van der Waals surface area contributed by atoms with Gasteiger partial charge in [0.25, 0.3) is 0 Å². The van der Waals surface area contributed by atoms with Crippen molar-refractivity contribution >= 4 is 0 Å². The van der Waals surface area contributed by atoms with E-state index in [0.29, 0.717) is 0 Å². The van der Waals surface area contributed by atoms with Gasteiger partial charge in [-0.25, -0.2) is 0 Å². The van der Waals surface area contributed by atoms with Crippen LogP contribution in [0.5, 0.6) is 5.75 Å². The van der Waals surface area contributed by atoms with E-state index in [9.17, 15) is 5.11 Å². The van der Waals surface area contributed by atoms with Crippen LogP contribution in [0.15, 0.2) is 30.5 Å². The van der Waals surface area contributed by atoms with E-state index in [1.54, 1.807) is 0 Å². The Labute approximate surface area is 95.3 Å². The van der Waals surface area contributed by atoms with Gasteiger partial charge in [-0.2, -0.15) is 5.10 Å². The largest absolute Gasteiger partial charge is 0.504 e. The topological polar surface area (TPSA) is 38.0 Å². The number of hydrogen-bond donors (Lipinski definition) is 1. The molecule has 1 heterocycles. The maximum absolute atomic E-state index is 9.85. The average Bonchev–Trinajstić information content (AvgIpc) is 2.62. The lowest BCUT2D eigenvalue weighted by atomic mass is 10.1. The molecule has 0 saturated carbocycles. The molecular weight excluding hydrogens is 200 g/mol. The van der Waals surface area contributed by atoms with Crippen LogP contribution in [0.25, 0.3) is 11.3 Å². The molecule has 0 atom stereocenters. The van der Waals surface area contributed by atoms with Crippen LogP contribution < -0.4 is 0 Å². The van der Waals surface area contributed by atoms with Crippen molar-refractivity contribution in [2.75, 3.05) is 0 Å². The number of nitrogens with zero attached hydrogens (tertiary/aromatic N) is 2. The Morgan fingerprint density at radius 3 is 2.75 bits per heavy atom. The lowest BCUT2D eigenvalue weighted by Gasteiger charge is -2.09. The zero-order valence-corrected chi connectivity index (χ0v) is 9.64. The highest BCUT2D eigenvalue weighted by molar-refractivity contribution is 5.69. The normalized spacial score (nSPS) is 10.6. The highest BCUT2D eigenvalue weighted by atomic mass is 16.3. The molecule has 0 amide bonds. The number of rotatable bonds is 3. The van der Waals surface area contributed by atoms with Crippen molar-refractivity contribution in [3.63, 3.8) is 0 Å². The molecule has 0 aliphatic carbocycles. The molecule has 0 bridgehead atoms. The molecule has 0 saturated heterocycles. The molecule has 1 aromatic carbocycles. The number of benzene rings is 1. The Morgan fingerprint density at radius 2 is 2.06 bits per heavy atom. The lowest BCUT2D eigenvalue weighted by Crippen LogP contribution is -2.01. The first-order chi connectivity index (χ1) is 7.74. The summed E-state index contributed by atoms with van der Waals surface area (Å²) in [4.78, 5) is 0. The van der Waals surface area contributed by atoms with E-state index < -0.39 is 0 Å². The first-order valence-electron chi connectivity index (χ1n) is 5.54. The van der Waals surface area contributed by atoms with Crippen LogP contribution >= 0.6 is 0 Å². The van der Waals surface area contributed by atoms with Gasteiger partial charge < -0.3 is 5.11 Å². The molecule has 0 fully saturated rings. The Bertz CT molecular complexity index is 488. The standard InChI is InChI=1S/C13H16N2O/c1-3-8-15-13(12(16)9-14-15)11-7-5-4-6-10(11)2/h4-7,9,16H,3,8H2,1-2H3. The molecule has 1 aromatic heterocycles. The second-order valence-electron chi connectivity index (χ2n) is 3.92. The van der Waals surface area contributed by atoms with Crippen molar-refractivity contribution in [2.45, 2.75) is 26.8 Å². The van der Waals surface area contributed by atoms with Crippen molar-refractivity contribution in [3.8, 4) is 17.0 Å². The van der Waals surface area contributed by atoms with Crippen molar-refractivity contribution in [3.05, 3.63) is 36.0 Å². The molecule has 0 unspecified atom stereocenters. The summed E-state index contributed by atoms with van der Waals surface area (Å²) in [5.41, 5.74) is 3.02. The SMILES string of the molecule is CCCn1ncc(O)c1-c1ccccc1C. The summed E-state index contributed by atoms with van der Waals surface area (Å²) < 4.78 is 1.86. The van der Waals surface area contributed by atoms with Gasteiger partial charge in [0, 0.05) is 12.1 Å². The Hall–Kier alpha value is -1.77. The molecule has 1 N–H and O–H groups in total. The van der Waals surface area contributed by atoms with Crippen molar-refractivity contribution in [1.29, 1.82) is 0 Å². The summed E-state index contributed by atoms with van der Waals surface area (Å²) >= 11 is 0. The van der Waals surface area contributed by atoms with Gasteiger partial charge in [0.2, 0.25) is 0 Å². The maximum Gasteiger partial charge on any atom is 0.161 e. The minimum atomic E-state index is 0.253. The summed E-state index contributed by atoms with van der Waals surface area (Å²) in [6.45, 7) is 4.96. The lowest BCUT2D eigenvalue weighted by molar-refractivity contribution is 0.476. The Kier molecular flexibility index (Phi) is 2.95. The van der Waals surface area contributed by atoms with E-state index in [1.807, 2.05) is 35.9 Å².